The van der Waals surface area contributed by atoms with E-state index in [0.717, 1.165) is 6.42 Å². The lowest BCUT2D eigenvalue weighted by Crippen LogP contribution is -2.51. The van der Waals surface area contributed by atoms with Gasteiger partial charge in [-0.2, -0.15) is 0 Å². The molecule has 7 nitrogen and oxygen atoms in total. The molecule has 144 valence electrons. The lowest BCUT2D eigenvalue weighted by molar-refractivity contribution is -0.144. The van der Waals surface area contributed by atoms with Crippen LogP contribution in [0.25, 0.3) is 0 Å². The summed E-state index contributed by atoms with van der Waals surface area (Å²) in [6.45, 7) is 5.93. The van der Waals surface area contributed by atoms with Gasteiger partial charge in [0.05, 0.1) is 36.5 Å². The van der Waals surface area contributed by atoms with Crippen molar-refractivity contribution < 1.29 is 19.1 Å². The molecule has 1 aromatic rings. The van der Waals surface area contributed by atoms with Gasteiger partial charge in [-0.1, -0.05) is 18.5 Å². The van der Waals surface area contributed by atoms with E-state index in [1.54, 1.807) is 13.0 Å². The molecule has 1 heterocycles. The first-order valence-electron chi connectivity index (χ1n) is 8.67. The second kappa shape index (κ2) is 9.09. The first-order chi connectivity index (χ1) is 12.3. The number of nitrogens with two attached hydrogens (primary N) is 1. The summed E-state index contributed by atoms with van der Waals surface area (Å²) in [5, 5.41) is 3.36. The van der Waals surface area contributed by atoms with Gasteiger partial charge in [0.1, 0.15) is 5.75 Å². The van der Waals surface area contributed by atoms with Crippen molar-refractivity contribution in [1.82, 2.24) is 10.2 Å². The fourth-order valence-corrected chi connectivity index (χ4v) is 3.30. The fraction of sp³-hybridized carbons (Fsp3) is 0.556. The Morgan fingerprint density at radius 2 is 2.15 bits per heavy atom. The lowest BCUT2D eigenvalue weighted by Gasteiger charge is -2.36. The van der Waals surface area contributed by atoms with Crippen LogP contribution in [0, 0.1) is 5.92 Å². The predicted octanol–water partition coefficient (Wildman–Crippen LogP) is 1.93. The molecule has 0 radical (unpaired) electrons. The van der Waals surface area contributed by atoms with E-state index in [2.05, 4.69) is 12.2 Å². The summed E-state index contributed by atoms with van der Waals surface area (Å²) < 4.78 is 10.2. The molecule has 0 aliphatic carbocycles. The average molecular weight is 384 g/mol. The molecular weight excluding hydrogens is 358 g/mol. The maximum Gasteiger partial charge on any atom is 0.320 e. The molecule has 1 aliphatic rings. The largest absolute Gasteiger partial charge is 0.496 e. The van der Waals surface area contributed by atoms with E-state index >= 15 is 0 Å². The number of carbonyl (C=O) groups is 2. The van der Waals surface area contributed by atoms with E-state index in [-0.39, 0.29) is 30.4 Å². The number of hydrogen-bond acceptors (Lipinski definition) is 6. The third-order valence-corrected chi connectivity index (χ3v) is 4.85. The molecule has 8 heteroatoms. The van der Waals surface area contributed by atoms with Crippen LogP contribution in [0.5, 0.6) is 5.75 Å². The highest BCUT2D eigenvalue weighted by atomic mass is 35.5. The number of halogens is 1. The van der Waals surface area contributed by atoms with E-state index in [0.29, 0.717) is 41.7 Å². The molecule has 0 unspecified atom stereocenters. The Hall–Kier alpha value is -1.99. The minimum absolute atomic E-state index is 0.00183. The number of likely N-dealkylation sites (tertiary alicyclic amines) is 1. The zero-order valence-electron chi connectivity index (χ0n) is 15.4. The van der Waals surface area contributed by atoms with Gasteiger partial charge in [-0.25, -0.2) is 0 Å². The van der Waals surface area contributed by atoms with Crippen molar-refractivity contribution in [3.63, 3.8) is 0 Å². The summed E-state index contributed by atoms with van der Waals surface area (Å²) in [6, 6.07) is 3.07. The van der Waals surface area contributed by atoms with Crippen molar-refractivity contribution in [2.75, 3.05) is 39.1 Å². The minimum Gasteiger partial charge on any atom is -0.496 e. The first-order valence-corrected chi connectivity index (χ1v) is 9.05. The molecule has 0 bridgehead atoms. The number of benzene rings is 1. The number of nitrogens with zero attached hydrogens (tertiary/aromatic N) is 1. The number of amides is 1. The highest BCUT2D eigenvalue weighted by Gasteiger charge is 2.29. The van der Waals surface area contributed by atoms with Crippen LogP contribution in [0.4, 0.5) is 5.69 Å². The molecular formula is C18H26ClN3O4. The van der Waals surface area contributed by atoms with Gasteiger partial charge in [0.25, 0.3) is 5.91 Å². The van der Waals surface area contributed by atoms with Crippen molar-refractivity contribution in [1.29, 1.82) is 0 Å². The standard InChI is InChI=1S/C18H26ClN3O4/c1-4-26-17(23)10-22-6-5-15(11(2)9-22)21-18(24)12-7-13(19)14(20)8-16(12)25-3/h7-8,11,15H,4-6,9-10,20H2,1-3H3,(H,21,24)/t11-,15-/m1/s1. The number of nitrogen functional groups attached to an aromatic ring is 1. The van der Waals surface area contributed by atoms with Crippen molar-refractivity contribution >= 4 is 29.2 Å². The molecule has 3 N–H and O–H groups in total. The molecule has 1 amide bonds. The topological polar surface area (TPSA) is 93.9 Å². The number of rotatable bonds is 6. The van der Waals surface area contributed by atoms with Gasteiger partial charge in [0.2, 0.25) is 0 Å². The van der Waals surface area contributed by atoms with E-state index in [1.165, 1.54) is 13.2 Å². The smallest absolute Gasteiger partial charge is 0.320 e. The van der Waals surface area contributed by atoms with E-state index < -0.39 is 0 Å². The average Bonchev–Trinajstić information content (AvgIpc) is 2.59. The molecule has 1 aromatic carbocycles. The Balaban J connectivity index is 1.98. The Labute approximate surface area is 158 Å². The molecule has 26 heavy (non-hydrogen) atoms. The van der Waals surface area contributed by atoms with Crippen LogP contribution in [0.3, 0.4) is 0 Å². The Morgan fingerprint density at radius 3 is 2.77 bits per heavy atom. The van der Waals surface area contributed by atoms with Gasteiger partial charge in [0, 0.05) is 25.2 Å². The Kier molecular flexibility index (Phi) is 7.11. The monoisotopic (exact) mass is 383 g/mol. The van der Waals surface area contributed by atoms with Crippen LogP contribution >= 0.6 is 11.6 Å². The van der Waals surface area contributed by atoms with Crippen molar-refractivity contribution in [3.05, 3.63) is 22.7 Å². The molecule has 0 spiro atoms. The SMILES string of the molecule is CCOC(=O)CN1CC[C@@H](NC(=O)c2cc(Cl)c(N)cc2OC)[C@H](C)C1. The lowest BCUT2D eigenvalue weighted by atomic mass is 9.93. The van der Waals surface area contributed by atoms with Gasteiger partial charge in [0.15, 0.2) is 0 Å². The van der Waals surface area contributed by atoms with E-state index in [4.69, 9.17) is 26.8 Å². The molecule has 1 fully saturated rings. The number of piperidine rings is 1. The normalized spacial score (nSPS) is 20.5. The number of anilines is 1. The second-order valence-electron chi connectivity index (χ2n) is 6.46. The molecule has 1 aliphatic heterocycles. The Bertz CT molecular complexity index is 668. The number of ether oxygens (including phenoxy) is 2. The fourth-order valence-electron chi connectivity index (χ4n) is 3.14. The third kappa shape index (κ3) is 5.02. The summed E-state index contributed by atoms with van der Waals surface area (Å²) in [5.41, 5.74) is 6.48. The van der Waals surface area contributed by atoms with Crippen LogP contribution in [0.2, 0.25) is 5.02 Å². The summed E-state index contributed by atoms with van der Waals surface area (Å²) >= 11 is 6.04. The van der Waals surface area contributed by atoms with Crippen LogP contribution in [0.15, 0.2) is 12.1 Å². The van der Waals surface area contributed by atoms with E-state index in [9.17, 15) is 9.59 Å². The quantitative estimate of drug-likeness (QED) is 0.576. The predicted molar refractivity (Wildman–Crippen MR) is 101 cm³/mol. The number of nitrogens with one attached hydrogen (secondary N) is 1. The molecule has 1 saturated heterocycles. The van der Waals surface area contributed by atoms with Gasteiger partial charge in [-0.15, -0.1) is 0 Å². The van der Waals surface area contributed by atoms with Gasteiger partial charge in [-0.3, -0.25) is 14.5 Å². The minimum atomic E-state index is -0.251. The molecule has 2 rings (SSSR count). The highest BCUT2D eigenvalue weighted by molar-refractivity contribution is 6.33. The first kappa shape index (κ1) is 20.3. The van der Waals surface area contributed by atoms with Gasteiger partial charge < -0.3 is 20.5 Å². The molecule has 0 saturated carbocycles. The number of methoxy groups -OCH3 is 1. The third-order valence-electron chi connectivity index (χ3n) is 4.53. The summed E-state index contributed by atoms with van der Waals surface area (Å²) in [6.07, 6.45) is 0.747. The number of carbonyl (C=O) groups excluding carboxylic acids is 2. The highest BCUT2D eigenvalue weighted by Crippen LogP contribution is 2.29. The number of hydrogen-bond donors (Lipinski definition) is 2. The van der Waals surface area contributed by atoms with Crippen molar-refractivity contribution in [2.45, 2.75) is 26.3 Å². The summed E-state index contributed by atoms with van der Waals surface area (Å²) in [5.74, 6) is 0.108. The van der Waals surface area contributed by atoms with E-state index in [1.807, 2.05) is 4.90 Å². The summed E-state index contributed by atoms with van der Waals surface area (Å²) in [7, 11) is 1.48. The molecule has 0 aromatic heterocycles. The van der Waals surface area contributed by atoms with Crippen LogP contribution < -0.4 is 15.8 Å². The van der Waals surface area contributed by atoms with Crippen LogP contribution in [0.1, 0.15) is 30.6 Å². The molecule has 2 atom stereocenters. The van der Waals surface area contributed by atoms with Gasteiger partial charge in [-0.05, 0) is 25.3 Å². The van der Waals surface area contributed by atoms with Crippen molar-refractivity contribution in [2.24, 2.45) is 5.92 Å². The second-order valence-corrected chi connectivity index (χ2v) is 6.87. The van der Waals surface area contributed by atoms with Crippen LogP contribution in [-0.4, -0.2) is 56.2 Å². The van der Waals surface area contributed by atoms with Gasteiger partial charge >= 0.3 is 5.97 Å². The maximum absolute atomic E-state index is 12.7. The summed E-state index contributed by atoms with van der Waals surface area (Å²) in [4.78, 5) is 26.3. The van der Waals surface area contributed by atoms with Crippen LogP contribution in [-0.2, 0) is 9.53 Å². The number of esters is 1. The Morgan fingerprint density at radius 1 is 1.42 bits per heavy atom. The zero-order valence-corrected chi connectivity index (χ0v) is 16.1. The van der Waals surface area contributed by atoms with Crippen molar-refractivity contribution in [3.8, 4) is 5.75 Å². The maximum atomic E-state index is 12.7. The zero-order chi connectivity index (χ0) is 19.3.